The lowest BCUT2D eigenvalue weighted by Crippen LogP contribution is -2.30. The number of rotatable bonds is 3. The van der Waals surface area contributed by atoms with E-state index in [1.807, 2.05) is 31.2 Å². The number of carbonyl (C=O) groups excluding carboxylic acids is 1. The first-order valence-electron chi connectivity index (χ1n) is 11.0. The van der Waals surface area contributed by atoms with Gasteiger partial charge in [0.25, 0.3) is 0 Å². The van der Waals surface area contributed by atoms with E-state index < -0.39 is 0 Å². The predicted molar refractivity (Wildman–Crippen MR) is 121 cm³/mol. The van der Waals surface area contributed by atoms with Gasteiger partial charge in [0.15, 0.2) is 5.75 Å². The highest BCUT2D eigenvalue weighted by atomic mass is 35.5. The Morgan fingerprint density at radius 1 is 0.862 bits per heavy atom. The second-order valence-corrected chi connectivity index (χ2v) is 9.94. The van der Waals surface area contributed by atoms with E-state index in [0.29, 0.717) is 15.8 Å². The SMILES string of the molecule is Cc1c(Cl)c(Cl)c(OC(=O)C2CCC(C3CCC(C)CC3)CC2)c2ccccc12. The van der Waals surface area contributed by atoms with Crippen LogP contribution in [0, 0.1) is 30.6 Å². The molecule has 2 aromatic carbocycles. The molecule has 29 heavy (non-hydrogen) atoms. The molecular formula is C25H30Cl2O2. The maximum Gasteiger partial charge on any atom is 0.314 e. The van der Waals surface area contributed by atoms with E-state index in [9.17, 15) is 4.79 Å². The molecule has 0 heterocycles. The van der Waals surface area contributed by atoms with Crippen molar-refractivity contribution in [1.29, 1.82) is 0 Å². The van der Waals surface area contributed by atoms with Gasteiger partial charge in [-0.25, -0.2) is 0 Å². The summed E-state index contributed by atoms with van der Waals surface area (Å²) in [7, 11) is 0. The number of carbonyl (C=O) groups is 1. The van der Waals surface area contributed by atoms with E-state index in [0.717, 1.165) is 59.8 Å². The lowest BCUT2D eigenvalue weighted by atomic mass is 9.69. The Kier molecular flexibility index (Phi) is 6.41. The third-order valence-corrected chi connectivity index (χ3v) is 8.26. The Labute approximate surface area is 183 Å². The lowest BCUT2D eigenvalue weighted by molar-refractivity contribution is -0.140. The van der Waals surface area contributed by atoms with Crippen molar-refractivity contribution in [1.82, 2.24) is 0 Å². The molecule has 156 valence electrons. The predicted octanol–water partition coefficient (Wildman–Crippen LogP) is 7.99. The van der Waals surface area contributed by atoms with Gasteiger partial charge in [-0.15, -0.1) is 0 Å². The molecule has 0 amide bonds. The number of aryl methyl sites for hydroxylation is 1. The van der Waals surface area contributed by atoms with Gasteiger partial charge in [-0.05, 0) is 74.2 Å². The minimum Gasteiger partial charge on any atom is -0.424 e. The number of fused-ring (bicyclic) bond motifs is 1. The van der Waals surface area contributed by atoms with Crippen LogP contribution in [0.3, 0.4) is 0 Å². The van der Waals surface area contributed by atoms with Crippen LogP contribution in [0.1, 0.15) is 63.9 Å². The topological polar surface area (TPSA) is 26.3 Å². The molecule has 4 heteroatoms. The summed E-state index contributed by atoms with van der Waals surface area (Å²) in [6.07, 6.45) is 9.59. The standard InChI is InChI=1S/C25H30Cl2O2/c1-15-7-9-17(10-8-15)18-11-13-19(14-12-18)25(28)29-24-21-6-4-3-5-20(21)16(2)22(26)23(24)27/h3-6,15,17-19H,7-14H2,1-2H3. The van der Waals surface area contributed by atoms with Crippen LogP contribution in [0.4, 0.5) is 0 Å². The third kappa shape index (κ3) is 4.30. The van der Waals surface area contributed by atoms with Gasteiger partial charge < -0.3 is 4.74 Å². The van der Waals surface area contributed by atoms with Crippen molar-refractivity contribution in [2.75, 3.05) is 0 Å². The molecule has 0 N–H and O–H groups in total. The first kappa shape index (κ1) is 21.0. The highest BCUT2D eigenvalue weighted by Crippen LogP contribution is 2.44. The van der Waals surface area contributed by atoms with Gasteiger partial charge in [-0.1, -0.05) is 67.2 Å². The first-order valence-corrected chi connectivity index (χ1v) is 11.8. The second kappa shape index (κ2) is 8.86. The average Bonchev–Trinajstić information content (AvgIpc) is 2.75. The Morgan fingerprint density at radius 2 is 1.41 bits per heavy atom. The van der Waals surface area contributed by atoms with Gasteiger partial charge in [0, 0.05) is 5.39 Å². The van der Waals surface area contributed by atoms with E-state index in [1.54, 1.807) is 0 Å². The normalized spacial score (nSPS) is 27.7. The van der Waals surface area contributed by atoms with E-state index in [4.69, 9.17) is 27.9 Å². The van der Waals surface area contributed by atoms with Crippen LogP contribution in [0.25, 0.3) is 10.8 Å². The monoisotopic (exact) mass is 432 g/mol. The number of halogens is 2. The van der Waals surface area contributed by atoms with Gasteiger partial charge in [0.05, 0.1) is 10.9 Å². The Bertz CT molecular complexity index is 891. The van der Waals surface area contributed by atoms with Crippen molar-refractivity contribution in [3.63, 3.8) is 0 Å². The zero-order chi connectivity index (χ0) is 20.5. The lowest BCUT2D eigenvalue weighted by Gasteiger charge is -2.36. The molecule has 4 rings (SSSR count). The van der Waals surface area contributed by atoms with Crippen LogP contribution >= 0.6 is 23.2 Å². The van der Waals surface area contributed by atoms with Crippen LogP contribution in [-0.4, -0.2) is 5.97 Å². The van der Waals surface area contributed by atoms with E-state index >= 15 is 0 Å². The van der Waals surface area contributed by atoms with Gasteiger partial charge in [-0.3, -0.25) is 4.79 Å². The van der Waals surface area contributed by atoms with Gasteiger partial charge in [0.1, 0.15) is 5.02 Å². The molecule has 2 fully saturated rings. The Morgan fingerprint density at radius 3 is 2.03 bits per heavy atom. The van der Waals surface area contributed by atoms with Crippen LogP contribution < -0.4 is 4.74 Å². The van der Waals surface area contributed by atoms with E-state index in [1.165, 1.54) is 25.7 Å². The molecule has 0 radical (unpaired) electrons. The van der Waals surface area contributed by atoms with Crippen LogP contribution in [0.2, 0.25) is 10.0 Å². The fraction of sp³-hybridized carbons (Fsp3) is 0.560. The van der Waals surface area contributed by atoms with Gasteiger partial charge in [0.2, 0.25) is 0 Å². The summed E-state index contributed by atoms with van der Waals surface area (Å²) in [5, 5.41) is 2.61. The Balaban J connectivity index is 1.44. The smallest absolute Gasteiger partial charge is 0.314 e. The number of hydrogen-bond acceptors (Lipinski definition) is 2. The maximum absolute atomic E-state index is 13.0. The maximum atomic E-state index is 13.0. The van der Waals surface area contributed by atoms with Crippen LogP contribution in [0.15, 0.2) is 24.3 Å². The van der Waals surface area contributed by atoms with Crippen molar-refractivity contribution in [3.05, 3.63) is 39.9 Å². The van der Waals surface area contributed by atoms with E-state index in [-0.39, 0.29) is 11.9 Å². The molecule has 0 unspecified atom stereocenters. The number of benzene rings is 2. The molecule has 2 aliphatic rings. The number of esters is 1. The Hall–Kier alpha value is -1.25. The van der Waals surface area contributed by atoms with Gasteiger partial charge in [-0.2, -0.15) is 0 Å². The molecular weight excluding hydrogens is 403 g/mol. The fourth-order valence-electron chi connectivity index (χ4n) is 5.38. The van der Waals surface area contributed by atoms with Crippen molar-refractivity contribution < 1.29 is 9.53 Å². The molecule has 2 aliphatic carbocycles. The molecule has 0 aliphatic heterocycles. The molecule has 0 atom stereocenters. The first-order chi connectivity index (χ1) is 14.0. The third-order valence-electron chi connectivity index (χ3n) is 7.33. The summed E-state index contributed by atoms with van der Waals surface area (Å²) in [6, 6.07) is 7.81. The molecule has 0 saturated heterocycles. The van der Waals surface area contributed by atoms with Crippen LogP contribution in [0.5, 0.6) is 5.75 Å². The minimum atomic E-state index is -0.160. The number of ether oxygens (including phenoxy) is 1. The van der Waals surface area contributed by atoms with Crippen molar-refractivity contribution in [2.45, 2.75) is 65.2 Å². The van der Waals surface area contributed by atoms with Crippen molar-refractivity contribution in [2.24, 2.45) is 23.7 Å². The number of hydrogen-bond donors (Lipinski definition) is 0. The van der Waals surface area contributed by atoms with E-state index in [2.05, 4.69) is 6.92 Å². The molecule has 0 spiro atoms. The van der Waals surface area contributed by atoms with Crippen molar-refractivity contribution >= 4 is 39.9 Å². The van der Waals surface area contributed by atoms with Gasteiger partial charge >= 0.3 is 5.97 Å². The quantitative estimate of drug-likeness (QED) is 0.362. The zero-order valence-electron chi connectivity index (χ0n) is 17.3. The molecule has 0 aromatic heterocycles. The molecule has 2 saturated carbocycles. The largest absolute Gasteiger partial charge is 0.424 e. The van der Waals surface area contributed by atoms with Crippen LogP contribution in [-0.2, 0) is 4.79 Å². The summed E-state index contributed by atoms with van der Waals surface area (Å²) in [5.74, 6) is 2.74. The second-order valence-electron chi connectivity index (χ2n) is 9.18. The summed E-state index contributed by atoms with van der Waals surface area (Å²) in [4.78, 5) is 13.0. The fourth-order valence-corrected chi connectivity index (χ4v) is 5.85. The highest BCUT2D eigenvalue weighted by Gasteiger charge is 2.33. The van der Waals surface area contributed by atoms with Crippen molar-refractivity contribution in [3.8, 4) is 5.75 Å². The minimum absolute atomic E-state index is 0.0383. The summed E-state index contributed by atoms with van der Waals surface area (Å²) in [6.45, 7) is 4.31. The molecule has 2 aromatic rings. The highest BCUT2D eigenvalue weighted by molar-refractivity contribution is 6.45. The summed E-state index contributed by atoms with van der Waals surface area (Å²) < 4.78 is 5.87. The average molecular weight is 433 g/mol. The molecule has 0 bridgehead atoms. The summed E-state index contributed by atoms with van der Waals surface area (Å²) >= 11 is 12.9. The zero-order valence-corrected chi connectivity index (χ0v) is 18.9. The summed E-state index contributed by atoms with van der Waals surface area (Å²) in [5.41, 5.74) is 0.911. The molecule has 2 nitrogen and oxygen atoms in total.